The Labute approximate surface area is 206 Å². The molecule has 0 radical (unpaired) electrons. The number of likely N-dealkylation sites (tertiary alicyclic amines) is 1. The lowest BCUT2D eigenvalue weighted by Gasteiger charge is -2.39. The lowest BCUT2D eigenvalue weighted by molar-refractivity contribution is -0.136. The third-order valence-electron chi connectivity index (χ3n) is 7.62. The van der Waals surface area contributed by atoms with Crippen molar-refractivity contribution in [2.24, 2.45) is 10.8 Å². The van der Waals surface area contributed by atoms with Crippen molar-refractivity contribution in [1.82, 2.24) is 9.80 Å². The molecule has 6 heteroatoms. The first-order valence-corrected chi connectivity index (χ1v) is 13.2. The summed E-state index contributed by atoms with van der Waals surface area (Å²) in [4.78, 5) is 31.9. The summed E-state index contributed by atoms with van der Waals surface area (Å²) < 4.78 is 5.36. The van der Waals surface area contributed by atoms with Crippen molar-refractivity contribution in [2.75, 3.05) is 19.4 Å². The van der Waals surface area contributed by atoms with Gasteiger partial charge < -0.3 is 14.5 Å². The fourth-order valence-electron chi connectivity index (χ4n) is 6.63. The molecular weight excluding hydrogens is 444 g/mol. The van der Waals surface area contributed by atoms with Gasteiger partial charge in [-0.05, 0) is 53.9 Å². The highest BCUT2D eigenvalue weighted by atomic mass is 32.2. The van der Waals surface area contributed by atoms with E-state index in [-0.39, 0.29) is 34.1 Å². The fourth-order valence-corrected chi connectivity index (χ4v) is 8.05. The molecule has 3 fully saturated rings. The molecule has 4 atom stereocenters. The molecular formula is C28H34N2O3S. The average Bonchev–Trinajstić information content (AvgIpc) is 3.36. The minimum Gasteiger partial charge on any atom is -0.497 e. The SMILES string of the molecule is COc1cccc(C(=O)N2C(C(=O)N3CC4(C)CC3CC(C)(C)C4)CSC2c2ccccc2)c1. The summed E-state index contributed by atoms with van der Waals surface area (Å²) in [5.41, 5.74) is 2.00. The average molecular weight is 479 g/mol. The molecule has 2 saturated heterocycles. The molecule has 3 aliphatic rings. The smallest absolute Gasteiger partial charge is 0.255 e. The third-order valence-corrected chi connectivity index (χ3v) is 8.94. The van der Waals surface area contributed by atoms with E-state index >= 15 is 0 Å². The van der Waals surface area contributed by atoms with Crippen LogP contribution in [0.1, 0.15) is 61.3 Å². The molecule has 2 aliphatic heterocycles. The molecule has 0 aromatic heterocycles. The summed E-state index contributed by atoms with van der Waals surface area (Å²) in [6, 6.07) is 17.1. The van der Waals surface area contributed by atoms with Gasteiger partial charge in [-0.2, -0.15) is 0 Å². The van der Waals surface area contributed by atoms with E-state index < -0.39 is 6.04 Å². The van der Waals surface area contributed by atoms with Gasteiger partial charge in [-0.25, -0.2) is 0 Å². The van der Waals surface area contributed by atoms with Crippen LogP contribution in [0.5, 0.6) is 5.75 Å². The Morgan fingerprint density at radius 1 is 1.03 bits per heavy atom. The standard InChI is InChI=1S/C28H34N2O3S/c1-27(2)14-21-15-28(3,17-27)18-29(21)25(32)23-16-34-26(19-9-6-5-7-10-19)30(23)24(31)20-11-8-12-22(13-20)33-4/h5-13,21,23,26H,14-18H2,1-4H3. The molecule has 2 aromatic rings. The summed E-state index contributed by atoms with van der Waals surface area (Å²) in [5, 5.41) is -0.192. The van der Waals surface area contributed by atoms with Gasteiger partial charge >= 0.3 is 0 Å². The van der Waals surface area contributed by atoms with E-state index in [0.717, 1.165) is 31.4 Å². The van der Waals surface area contributed by atoms with Crippen LogP contribution in [0.4, 0.5) is 0 Å². The number of amides is 2. The predicted molar refractivity (Wildman–Crippen MR) is 136 cm³/mol. The summed E-state index contributed by atoms with van der Waals surface area (Å²) in [6.07, 6.45) is 3.23. The molecule has 5 nitrogen and oxygen atoms in total. The molecule has 180 valence electrons. The first kappa shape index (κ1) is 23.3. The number of benzene rings is 2. The van der Waals surface area contributed by atoms with Crippen LogP contribution in [0, 0.1) is 10.8 Å². The number of ether oxygens (including phenoxy) is 1. The number of methoxy groups -OCH3 is 1. The van der Waals surface area contributed by atoms with Gasteiger partial charge in [-0.15, -0.1) is 11.8 Å². The Morgan fingerprint density at radius 2 is 1.79 bits per heavy atom. The quantitative estimate of drug-likeness (QED) is 0.592. The predicted octanol–water partition coefficient (Wildman–Crippen LogP) is 5.38. The van der Waals surface area contributed by atoms with Crippen LogP contribution in [0.15, 0.2) is 54.6 Å². The molecule has 5 rings (SSSR count). The molecule has 1 aliphatic carbocycles. The Kier molecular flexibility index (Phi) is 5.91. The van der Waals surface area contributed by atoms with Crippen molar-refractivity contribution in [1.29, 1.82) is 0 Å². The monoisotopic (exact) mass is 478 g/mol. The second-order valence-corrected chi connectivity index (χ2v) is 12.3. The molecule has 34 heavy (non-hydrogen) atoms. The van der Waals surface area contributed by atoms with Gasteiger partial charge in [0.15, 0.2) is 0 Å². The van der Waals surface area contributed by atoms with Gasteiger partial charge in [0.25, 0.3) is 5.91 Å². The van der Waals surface area contributed by atoms with Crippen LogP contribution in [-0.4, -0.2) is 53.1 Å². The molecule has 0 spiro atoms. The van der Waals surface area contributed by atoms with Gasteiger partial charge in [-0.1, -0.05) is 57.2 Å². The van der Waals surface area contributed by atoms with Crippen molar-refractivity contribution >= 4 is 23.6 Å². The molecule has 0 N–H and O–H groups in total. The molecule has 2 bridgehead atoms. The van der Waals surface area contributed by atoms with E-state index in [4.69, 9.17) is 4.74 Å². The highest BCUT2D eigenvalue weighted by Crippen LogP contribution is 2.53. The zero-order valence-electron chi connectivity index (χ0n) is 20.5. The minimum atomic E-state index is -0.472. The second-order valence-electron chi connectivity index (χ2n) is 11.2. The largest absolute Gasteiger partial charge is 0.497 e. The normalized spacial score (nSPS) is 29.8. The summed E-state index contributed by atoms with van der Waals surface area (Å²) in [6.45, 7) is 7.75. The number of nitrogens with zero attached hydrogens (tertiary/aromatic N) is 2. The Bertz CT molecular complexity index is 1090. The Hall–Kier alpha value is -2.47. The number of thioether (sulfide) groups is 1. The Balaban J connectivity index is 1.48. The maximum absolute atomic E-state index is 14.1. The molecule has 2 aromatic carbocycles. The molecule has 2 heterocycles. The van der Waals surface area contributed by atoms with Crippen molar-refractivity contribution in [3.8, 4) is 5.75 Å². The molecule has 1 saturated carbocycles. The molecule has 2 amide bonds. The van der Waals surface area contributed by atoms with E-state index in [1.54, 1.807) is 24.9 Å². The van der Waals surface area contributed by atoms with E-state index in [2.05, 4.69) is 25.7 Å². The van der Waals surface area contributed by atoms with Crippen LogP contribution in [-0.2, 0) is 4.79 Å². The van der Waals surface area contributed by atoms with Crippen molar-refractivity contribution in [3.05, 3.63) is 65.7 Å². The van der Waals surface area contributed by atoms with Crippen molar-refractivity contribution in [3.63, 3.8) is 0 Å². The van der Waals surface area contributed by atoms with Crippen LogP contribution in [0.25, 0.3) is 0 Å². The van der Waals surface area contributed by atoms with E-state index in [9.17, 15) is 9.59 Å². The second kappa shape index (κ2) is 8.63. The minimum absolute atomic E-state index is 0.105. The summed E-state index contributed by atoms with van der Waals surface area (Å²) >= 11 is 1.68. The lowest BCUT2D eigenvalue weighted by Crippen LogP contribution is -2.51. The Morgan fingerprint density at radius 3 is 2.53 bits per heavy atom. The van der Waals surface area contributed by atoms with Crippen LogP contribution < -0.4 is 4.74 Å². The van der Waals surface area contributed by atoms with Gasteiger partial charge in [0.1, 0.15) is 17.2 Å². The number of carbonyl (C=O) groups excluding carboxylic acids is 2. The number of rotatable bonds is 4. The van der Waals surface area contributed by atoms with Crippen molar-refractivity contribution in [2.45, 2.75) is 57.5 Å². The highest BCUT2D eigenvalue weighted by molar-refractivity contribution is 7.99. The van der Waals surface area contributed by atoms with Gasteiger partial charge in [0.05, 0.1) is 7.11 Å². The number of fused-ring (bicyclic) bond motifs is 2. The van der Waals surface area contributed by atoms with E-state index in [1.807, 2.05) is 53.4 Å². The third kappa shape index (κ3) is 4.21. The zero-order valence-corrected chi connectivity index (χ0v) is 21.3. The summed E-state index contributed by atoms with van der Waals surface area (Å²) in [7, 11) is 1.60. The van der Waals surface area contributed by atoms with Crippen LogP contribution >= 0.6 is 11.8 Å². The zero-order chi connectivity index (χ0) is 24.1. The topological polar surface area (TPSA) is 49.9 Å². The number of carbonyl (C=O) groups is 2. The van der Waals surface area contributed by atoms with Gasteiger partial charge in [-0.3, -0.25) is 9.59 Å². The van der Waals surface area contributed by atoms with E-state index in [0.29, 0.717) is 17.1 Å². The van der Waals surface area contributed by atoms with Gasteiger partial charge in [0, 0.05) is 23.9 Å². The van der Waals surface area contributed by atoms with Crippen LogP contribution in [0.3, 0.4) is 0 Å². The van der Waals surface area contributed by atoms with Crippen molar-refractivity contribution < 1.29 is 14.3 Å². The highest BCUT2D eigenvalue weighted by Gasteiger charge is 2.53. The summed E-state index contributed by atoms with van der Waals surface area (Å²) in [5.74, 6) is 1.23. The number of hydrogen-bond donors (Lipinski definition) is 0. The lowest BCUT2D eigenvalue weighted by atomic mass is 9.65. The maximum atomic E-state index is 14.1. The number of hydrogen-bond acceptors (Lipinski definition) is 4. The van der Waals surface area contributed by atoms with Gasteiger partial charge in [0.2, 0.25) is 5.91 Å². The van der Waals surface area contributed by atoms with E-state index in [1.165, 1.54) is 0 Å². The maximum Gasteiger partial charge on any atom is 0.255 e. The first-order chi connectivity index (χ1) is 16.2. The first-order valence-electron chi connectivity index (χ1n) is 12.1. The fraction of sp³-hybridized carbons (Fsp3) is 0.500. The van der Waals surface area contributed by atoms with Crippen LogP contribution in [0.2, 0.25) is 0 Å². The molecule has 4 unspecified atom stereocenters.